The van der Waals surface area contributed by atoms with Crippen LogP contribution in [0.2, 0.25) is 0 Å². The molecule has 0 unspecified atom stereocenters. The summed E-state index contributed by atoms with van der Waals surface area (Å²) in [4.78, 5) is 40.8. The van der Waals surface area contributed by atoms with E-state index < -0.39 is 10.8 Å². The Bertz CT molecular complexity index is 1020. The highest BCUT2D eigenvalue weighted by Crippen LogP contribution is 2.32. The molecule has 0 spiro atoms. The lowest BCUT2D eigenvalue weighted by Crippen LogP contribution is -2.17. The minimum Gasteiger partial charge on any atom is -0.351 e. The molecule has 0 saturated carbocycles. The smallest absolute Gasteiger partial charge is 0.283 e. The van der Waals surface area contributed by atoms with Crippen molar-refractivity contribution in [3.8, 4) is 10.6 Å². The first-order valence-corrected chi connectivity index (χ1v) is 10.2. The number of anilines is 1. The van der Waals surface area contributed by atoms with Gasteiger partial charge in [-0.3, -0.25) is 25.0 Å². The molecular formula is C16H14N4O4S3. The van der Waals surface area contributed by atoms with Crippen molar-refractivity contribution in [2.45, 2.75) is 20.4 Å². The minimum absolute atomic E-state index is 0.0599. The molecule has 0 bridgehead atoms. The lowest BCUT2D eigenvalue weighted by atomic mass is 10.3. The van der Waals surface area contributed by atoms with Crippen molar-refractivity contribution in [3.05, 3.63) is 48.3 Å². The van der Waals surface area contributed by atoms with Gasteiger partial charge in [0.15, 0.2) is 5.13 Å². The second-order valence-corrected chi connectivity index (χ2v) is 8.76. The van der Waals surface area contributed by atoms with E-state index in [-0.39, 0.29) is 16.5 Å². The van der Waals surface area contributed by atoms with Gasteiger partial charge in [-0.25, -0.2) is 4.98 Å². The number of rotatable bonds is 6. The van der Waals surface area contributed by atoms with Crippen LogP contribution >= 0.6 is 34.0 Å². The standard InChI is InChI=1S/C16H14N4O4S3/c1-8-12(20(23)24)5-14(26-8)15(22)19-16-18-11(7-25-16)13-4-3-10(27-13)6-17-9(2)21/h3-5,7H,6H2,1-2H3,(H,17,21)(H,18,19,22). The molecule has 0 radical (unpaired) electrons. The van der Waals surface area contributed by atoms with Crippen molar-refractivity contribution in [1.29, 1.82) is 0 Å². The molecule has 0 aliphatic carbocycles. The van der Waals surface area contributed by atoms with Crippen molar-refractivity contribution in [3.63, 3.8) is 0 Å². The third-order valence-electron chi connectivity index (χ3n) is 3.46. The third kappa shape index (κ3) is 4.56. The van der Waals surface area contributed by atoms with Crippen LogP contribution < -0.4 is 10.6 Å². The predicted molar refractivity (Wildman–Crippen MR) is 107 cm³/mol. The van der Waals surface area contributed by atoms with E-state index in [1.165, 1.54) is 35.7 Å². The molecule has 0 aliphatic heterocycles. The van der Waals surface area contributed by atoms with Crippen LogP contribution in [0.15, 0.2) is 23.6 Å². The average Bonchev–Trinajstić information content (AvgIpc) is 3.31. The van der Waals surface area contributed by atoms with E-state index in [9.17, 15) is 19.7 Å². The number of aromatic nitrogens is 1. The molecule has 11 heteroatoms. The number of hydrogen-bond acceptors (Lipinski definition) is 8. The van der Waals surface area contributed by atoms with Crippen LogP contribution in [0, 0.1) is 17.0 Å². The van der Waals surface area contributed by atoms with Crippen molar-refractivity contribution in [2.75, 3.05) is 5.32 Å². The summed E-state index contributed by atoms with van der Waals surface area (Å²) in [5.41, 5.74) is 0.665. The summed E-state index contributed by atoms with van der Waals surface area (Å²) in [5, 5.41) is 18.6. The highest BCUT2D eigenvalue weighted by Gasteiger charge is 2.20. The molecule has 3 aromatic heterocycles. The van der Waals surface area contributed by atoms with Gasteiger partial charge < -0.3 is 5.32 Å². The fourth-order valence-electron chi connectivity index (χ4n) is 2.19. The molecule has 0 fully saturated rings. The molecule has 27 heavy (non-hydrogen) atoms. The topological polar surface area (TPSA) is 114 Å². The van der Waals surface area contributed by atoms with E-state index in [2.05, 4.69) is 15.6 Å². The van der Waals surface area contributed by atoms with Crippen molar-refractivity contribution < 1.29 is 14.5 Å². The fraction of sp³-hybridized carbons (Fsp3) is 0.188. The lowest BCUT2D eigenvalue weighted by molar-refractivity contribution is -0.385. The van der Waals surface area contributed by atoms with Gasteiger partial charge in [-0.15, -0.1) is 34.0 Å². The average molecular weight is 423 g/mol. The number of thiophene rings is 2. The van der Waals surface area contributed by atoms with E-state index >= 15 is 0 Å². The van der Waals surface area contributed by atoms with Crippen LogP contribution in [0.25, 0.3) is 10.6 Å². The van der Waals surface area contributed by atoms with Gasteiger partial charge in [0.05, 0.1) is 31.8 Å². The Hall–Kier alpha value is -2.63. The van der Waals surface area contributed by atoms with Gasteiger partial charge in [0.25, 0.3) is 11.6 Å². The van der Waals surface area contributed by atoms with E-state index in [1.54, 1.807) is 6.92 Å². The van der Waals surface area contributed by atoms with Crippen molar-refractivity contribution in [2.24, 2.45) is 0 Å². The van der Waals surface area contributed by atoms with Gasteiger partial charge in [0.1, 0.15) is 0 Å². The minimum atomic E-state index is -0.501. The molecule has 0 atom stereocenters. The molecule has 0 aliphatic rings. The fourth-order valence-corrected chi connectivity index (χ4v) is 4.76. The third-order valence-corrected chi connectivity index (χ3v) is 6.37. The Kier molecular flexibility index (Phi) is 5.63. The number of carbonyl (C=O) groups is 2. The van der Waals surface area contributed by atoms with Crippen LogP contribution in [0.3, 0.4) is 0 Å². The number of thiazole rings is 1. The van der Waals surface area contributed by atoms with Crippen molar-refractivity contribution in [1.82, 2.24) is 10.3 Å². The number of nitrogens with zero attached hydrogens (tertiary/aromatic N) is 2. The quantitative estimate of drug-likeness (QED) is 0.460. The zero-order valence-corrected chi connectivity index (χ0v) is 16.7. The number of nitro groups is 1. The normalized spacial score (nSPS) is 10.6. The second-order valence-electron chi connectivity index (χ2n) is 5.48. The Balaban J connectivity index is 1.69. The Morgan fingerprint density at radius 1 is 1.30 bits per heavy atom. The maximum Gasteiger partial charge on any atom is 0.283 e. The van der Waals surface area contributed by atoms with Crippen LogP contribution in [0.5, 0.6) is 0 Å². The van der Waals surface area contributed by atoms with E-state index in [0.717, 1.165) is 26.8 Å². The molecule has 3 rings (SSSR count). The van der Waals surface area contributed by atoms with Crippen LogP contribution in [0.4, 0.5) is 10.8 Å². The number of carbonyl (C=O) groups excluding carboxylic acids is 2. The zero-order valence-electron chi connectivity index (χ0n) is 14.3. The summed E-state index contributed by atoms with van der Waals surface area (Å²) in [6, 6.07) is 5.10. The molecule has 3 aromatic rings. The molecule has 2 N–H and O–H groups in total. The predicted octanol–water partition coefficient (Wildman–Crippen LogP) is 4.04. The highest BCUT2D eigenvalue weighted by molar-refractivity contribution is 7.17. The molecule has 0 saturated heterocycles. The molecular weight excluding hydrogens is 408 g/mol. The highest BCUT2D eigenvalue weighted by atomic mass is 32.1. The largest absolute Gasteiger partial charge is 0.351 e. The Morgan fingerprint density at radius 2 is 2.07 bits per heavy atom. The number of hydrogen-bond donors (Lipinski definition) is 2. The first kappa shape index (κ1) is 19.1. The Morgan fingerprint density at radius 3 is 2.74 bits per heavy atom. The first-order chi connectivity index (χ1) is 12.8. The molecule has 140 valence electrons. The van der Waals surface area contributed by atoms with Gasteiger partial charge in [-0.2, -0.15) is 0 Å². The summed E-state index contributed by atoms with van der Waals surface area (Å²) < 4.78 is 0. The van der Waals surface area contributed by atoms with Crippen LogP contribution in [-0.2, 0) is 11.3 Å². The number of nitrogens with one attached hydrogen (secondary N) is 2. The van der Waals surface area contributed by atoms with E-state index in [4.69, 9.17) is 0 Å². The van der Waals surface area contributed by atoms with Gasteiger partial charge in [-0.1, -0.05) is 0 Å². The summed E-state index contributed by atoms with van der Waals surface area (Å²) in [7, 11) is 0. The Labute approximate surface area is 166 Å². The van der Waals surface area contributed by atoms with E-state index in [0.29, 0.717) is 16.6 Å². The summed E-state index contributed by atoms with van der Waals surface area (Å²) in [5.74, 6) is -0.512. The van der Waals surface area contributed by atoms with Gasteiger partial charge >= 0.3 is 0 Å². The van der Waals surface area contributed by atoms with Gasteiger partial charge in [-0.05, 0) is 19.1 Å². The monoisotopic (exact) mass is 422 g/mol. The van der Waals surface area contributed by atoms with Crippen LogP contribution in [-0.4, -0.2) is 21.7 Å². The van der Waals surface area contributed by atoms with Crippen molar-refractivity contribution >= 4 is 56.6 Å². The van der Waals surface area contributed by atoms with E-state index in [1.807, 2.05) is 17.5 Å². The summed E-state index contributed by atoms with van der Waals surface area (Å²) in [6.07, 6.45) is 0. The second kappa shape index (κ2) is 7.94. The maximum atomic E-state index is 12.3. The van der Waals surface area contributed by atoms with Gasteiger partial charge in [0, 0.05) is 23.2 Å². The van der Waals surface area contributed by atoms with Gasteiger partial charge in [0.2, 0.25) is 5.91 Å². The first-order valence-electron chi connectivity index (χ1n) is 7.68. The maximum absolute atomic E-state index is 12.3. The SMILES string of the molecule is CC(=O)NCc1ccc(-c2csc(NC(=O)c3cc([N+](=O)[O-])c(C)s3)n2)s1. The summed E-state index contributed by atoms with van der Waals surface area (Å²) >= 11 is 3.86. The van der Waals surface area contributed by atoms with Crippen LogP contribution in [0.1, 0.15) is 26.3 Å². The molecule has 3 heterocycles. The molecule has 0 aromatic carbocycles. The number of aryl methyl sites for hydroxylation is 1. The lowest BCUT2D eigenvalue weighted by Gasteiger charge is -1.98. The molecule has 8 nitrogen and oxygen atoms in total. The zero-order chi connectivity index (χ0) is 19.6. The molecule has 2 amide bonds. The summed E-state index contributed by atoms with van der Waals surface area (Å²) in [6.45, 7) is 3.54. The number of amides is 2.